The van der Waals surface area contributed by atoms with Crippen molar-refractivity contribution in [1.82, 2.24) is 5.32 Å². The van der Waals surface area contributed by atoms with Gasteiger partial charge >= 0.3 is 6.09 Å². The summed E-state index contributed by atoms with van der Waals surface area (Å²) < 4.78 is 0. The average Bonchev–Trinajstić information content (AvgIpc) is 2.48. The highest BCUT2D eigenvalue weighted by molar-refractivity contribution is 5.79. The third-order valence-corrected chi connectivity index (χ3v) is 4.02. The van der Waals surface area contributed by atoms with Crippen LogP contribution in [0.25, 0.3) is 0 Å². The molecule has 0 bridgehead atoms. The van der Waals surface area contributed by atoms with Crippen LogP contribution in [0.4, 0.5) is 4.79 Å². The minimum Gasteiger partial charge on any atom is -0.465 e. The monoisotopic (exact) mass is 305 g/mol. The van der Waals surface area contributed by atoms with Crippen LogP contribution in [0.2, 0.25) is 0 Å². The van der Waals surface area contributed by atoms with Gasteiger partial charge in [0.1, 0.15) is 5.78 Å². The highest BCUT2D eigenvalue weighted by Gasteiger charge is 2.26. The molecule has 0 heterocycles. The highest BCUT2D eigenvalue weighted by atomic mass is 16.4. The van der Waals surface area contributed by atoms with Crippen molar-refractivity contribution >= 4 is 11.9 Å². The van der Waals surface area contributed by atoms with Crippen LogP contribution in [-0.4, -0.2) is 23.0 Å². The smallest absolute Gasteiger partial charge is 0.404 e. The van der Waals surface area contributed by atoms with E-state index in [4.69, 9.17) is 5.11 Å². The molecule has 0 aromatic heterocycles. The number of hydrogen-bond acceptors (Lipinski definition) is 2. The minimum atomic E-state index is -1.06. The number of benzene rings is 1. The molecule has 1 rings (SSSR count). The Kier molecular flexibility index (Phi) is 8.26. The Bertz CT molecular complexity index is 459. The second-order valence-electron chi connectivity index (χ2n) is 5.79. The summed E-state index contributed by atoms with van der Waals surface area (Å²) in [6.45, 7) is 3.68. The molecule has 0 radical (unpaired) electrons. The second kappa shape index (κ2) is 9.98. The zero-order chi connectivity index (χ0) is 16.4. The van der Waals surface area contributed by atoms with E-state index in [0.29, 0.717) is 6.42 Å². The first kappa shape index (κ1) is 18.2. The molecule has 4 nitrogen and oxygen atoms in total. The largest absolute Gasteiger partial charge is 0.465 e. The summed E-state index contributed by atoms with van der Waals surface area (Å²) in [4.78, 5) is 23.0. The number of Topliss-reactive ketones (excluding diaryl/α,β-unsaturated/α-hetero) is 1. The third-order valence-electron chi connectivity index (χ3n) is 4.02. The number of amides is 1. The molecule has 0 aliphatic rings. The SMILES string of the molecule is CCCCCC(C(C)=O)C(CCc1ccccc1)NC(=O)O. The lowest BCUT2D eigenvalue weighted by atomic mass is 9.86. The van der Waals surface area contributed by atoms with Crippen molar-refractivity contribution in [3.63, 3.8) is 0 Å². The number of aryl methyl sites for hydroxylation is 1. The van der Waals surface area contributed by atoms with Crippen LogP contribution >= 0.6 is 0 Å². The Hall–Kier alpha value is -1.84. The first-order chi connectivity index (χ1) is 10.5. The molecule has 1 aromatic carbocycles. The van der Waals surface area contributed by atoms with E-state index in [-0.39, 0.29) is 17.7 Å². The Labute approximate surface area is 132 Å². The van der Waals surface area contributed by atoms with Crippen molar-refractivity contribution in [3.05, 3.63) is 35.9 Å². The van der Waals surface area contributed by atoms with Crippen molar-refractivity contribution in [3.8, 4) is 0 Å². The molecule has 4 heteroatoms. The molecule has 2 atom stereocenters. The van der Waals surface area contributed by atoms with Crippen molar-refractivity contribution in [1.29, 1.82) is 0 Å². The highest BCUT2D eigenvalue weighted by Crippen LogP contribution is 2.19. The maximum atomic E-state index is 11.9. The fourth-order valence-electron chi connectivity index (χ4n) is 2.80. The molecule has 1 amide bonds. The lowest BCUT2D eigenvalue weighted by Gasteiger charge is -2.25. The molecule has 0 saturated carbocycles. The van der Waals surface area contributed by atoms with Gasteiger partial charge in [-0.15, -0.1) is 0 Å². The standard InChI is InChI=1S/C18H27NO3/c1-3-4-6-11-16(14(2)20)17(19-18(21)22)13-12-15-9-7-5-8-10-15/h5,7-10,16-17,19H,3-4,6,11-13H2,1-2H3,(H,21,22). The molecule has 0 fully saturated rings. The van der Waals surface area contributed by atoms with E-state index in [1.807, 2.05) is 30.3 Å². The van der Waals surface area contributed by atoms with Crippen molar-refractivity contribution < 1.29 is 14.7 Å². The normalized spacial score (nSPS) is 13.4. The summed E-state index contributed by atoms with van der Waals surface area (Å²) in [6, 6.07) is 9.64. The summed E-state index contributed by atoms with van der Waals surface area (Å²) in [5.41, 5.74) is 1.16. The molecule has 2 N–H and O–H groups in total. The van der Waals surface area contributed by atoms with Gasteiger partial charge in [0, 0.05) is 12.0 Å². The lowest BCUT2D eigenvalue weighted by Crippen LogP contribution is -2.42. The Morgan fingerprint density at radius 1 is 1.14 bits per heavy atom. The molecule has 0 aliphatic carbocycles. The predicted octanol–water partition coefficient (Wildman–Crippen LogP) is 4.04. The third kappa shape index (κ3) is 6.74. The molecular formula is C18H27NO3. The van der Waals surface area contributed by atoms with E-state index in [9.17, 15) is 9.59 Å². The van der Waals surface area contributed by atoms with Gasteiger partial charge in [0.05, 0.1) is 0 Å². The van der Waals surface area contributed by atoms with E-state index in [1.54, 1.807) is 6.92 Å². The van der Waals surface area contributed by atoms with Gasteiger partial charge in [-0.3, -0.25) is 4.79 Å². The number of carbonyl (C=O) groups is 2. The lowest BCUT2D eigenvalue weighted by molar-refractivity contribution is -0.121. The van der Waals surface area contributed by atoms with E-state index in [2.05, 4.69) is 12.2 Å². The molecule has 1 aromatic rings. The first-order valence-corrected chi connectivity index (χ1v) is 8.08. The van der Waals surface area contributed by atoms with Gasteiger partial charge in [0.25, 0.3) is 0 Å². The maximum Gasteiger partial charge on any atom is 0.404 e. The molecular weight excluding hydrogens is 278 g/mol. The Morgan fingerprint density at radius 3 is 2.36 bits per heavy atom. The van der Waals surface area contributed by atoms with E-state index in [0.717, 1.165) is 37.7 Å². The number of ketones is 1. The van der Waals surface area contributed by atoms with Crippen LogP contribution in [0.3, 0.4) is 0 Å². The molecule has 2 unspecified atom stereocenters. The van der Waals surface area contributed by atoms with Gasteiger partial charge in [0.2, 0.25) is 0 Å². The summed E-state index contributed by atoms with van der Waals surface area (Å²) in [7, 11) is 0. The van der Waals surface area contributed by atoms with Gasteiger partial charge in [-0.05, 0) is 31.7 Å². The first-order valence-electron chi connectivity index (χ1n) is 8.08. The zero-order valence-corrected chi connectivity index (χ0v) is 13.5. The fraction of sp³-hybridized carbons (Fsp3) is 0.556. The number of nitrogens with one attached hydrogen (secondary N) is 1. The number of rotatable bonds is 10. The zero-order valence-electron chi connectivity index (χ0n) is 13.5. The Balaban J connectivity index is 2.70. The van der Waals surface area contributed by atoms with E-state index in [1.165, 1.54) is 0 Å². The van der Waals surface area contributed by atoms with Gasteiger partial charge < -0.3 is 10.4 Å². The van der Waals surface area contributed by atoms with Gasteiger partial charge in [0.15, 0.2) is 0 Å². The van der Waals surface area contributed by atoms with Crippen LogP contribution in [0, 0.1) is 5.92 Å². The van der Waals surface area contributed by atoms with Crippen LogP contribution in [0.5, 0.6) is 0 Å². The molecule has 22 heavy (non-hydrogen) atoms. The van der Waals surface area contributed by atoms with Crippen LogP contribution in [0.15, 0.2) is 30.3 Å². The molecule has 0 aliphatic heterocycles. The number of carbonyl (C=O) groups excluding carboxylic acids is 1. The number of carboxylic acid groups (broad SMARTS) is 1. The summed E-state index contributed by atoms with van der Waals surface area (Å²) in [5, 5.41) is 11.6. The van der Waals surface area contributed by atoms with Crippen molar-refractivity contribution in [2.75, 3.05) is 0 Å². The van der Waals surface area contributed by atoms with Gasteiger partial charge in [-0.2, -0.15) is 0 Å². The summed E-state index contributed by atoms with van der Waals surface area (Å²) >= 11 is 0. The van der Waals surface area contributed by atoms with Crippen LogP contribution in [-0.2, 0) is 11.2 Å². The van der Waals surface area contributed by atoms with E-state index >= 15 is 0 Å². The van der Waals surface area contributed by atoms with Crippen LogP contribution < -0.4 is 5.32 Å². The number of unbranched alkanes of at least 4 members (excludes halogenated alkanes) is 2. The number of hydrogen-bond donors (Lipinski definition) is 2. The topological polar surface area (TPSA) is 66.4 Å². The van der Waals surface area contributed by atoms with Crippen molar-refractivity contribution in [2.45, 2.75) is 58.4 Å². The van der Waals surface area contributed by atoms with Gasteiger partial charge in [-0.25, -0.2) is 4.79 Å². The van der Waals surface area contributed by atoms with E-state index < -0.39 is 6.09 Å². The fourth-order valence-corrected chi connectivity index (χ4v) is 2.80. The summed E-state index contributed by atoms with van der Waals surface area (Å²) in [5.74, 6) is -0.158. The minimum absolute atomic E-state index is 0.0721. The molecule has 122 valence electrons. The maximum absolute atomic E-state index is 11.9. The quantitative estimate of drug-likeness (QED) is 0.641. The molecule has 0 saturated heterocycles. The Morgan fingerprint density at radius 2 is 1.82 bits per heavy atom. The predicted molar refractivity (Wildman–Crippen MR) is 88.0 cm³/mol. The van der Waals surface area contributed by atoms with Gasteiger partial charge in [-0.1, -0.05) is 56.5 Å². The van der Waals surface area contributed by atoms with Crippen LogP contribution in [0.1, 0.15) is 51.5 Å². The second-order valence-corrected chi connectivity index (χ2v) is 5.79. The van der Waals surface area contributed by atoms with Crippen molar-refractivity contribution in [2.24, 2.45) is 5.92 Å². The molecule has 0 spiro atoms. The average molecular weight is 305 g/mol. The summed E-state index contributed by atoms with van der Waals surface area (Å²) in [6.07, 6.45) is 4.23.